The van der Waals surface area contributed by atoms with Gasteiger partial charge in [0.1, 0.15) is 0 Å². The molecule has 5 N–H and O–H groups in total. The molecule has 0 bridgehead atoms. The Morgan fingerprint density at radius 1 is 1.53 bits per heavy atom. The third-order valence-corrected chi connectivity index (χ3v) is 2.63. The standard InChI is InChI=1S/C8H16N6O/c1-2-11-6-4-15-3-5(6)7-12-13-8(9)14(7)10/h5-6,11H,2-4,10H2,1H3,(H2,9,13). The van der Waals surface area contributed by atoms with E-state index in [1.807, 2.05) is 0 Å². The molecule has 0 aromatic carbocycles. The van der Waals surface area contributed by atoms with Crippen molar-refractivity contribution in [3.05, 3.63) is 5.82 Å². The van der Waals surface area contributed by atoms with Gasteiger partial charge in [-0.05, 0) is 6.54 Å². The van der Waals surface area contributed by atoms with Gasteiger partial charge in [0.05, 0.1) is 19.1 Å². The van der Waals surface area contributed by atoms with Crippen molar-refractivity contribution in [1.29, 1.82) is 0 Å². The molecule has 2 heterocycles. The Morgan fingerprint density at radius 2 is 2.33 bits per heavy atom. The van der Waals surface area contributed by atoms with Gasteiger partial charge >= 0.3 is 0 Å². The summed E-state index contributed by atoms with van der Waals surface area (Å²) in [6, 6.07) is 0.237. The van der Waals surface area contributed by atoms with E-state index in [4.69, 9.17) is 16.3 Å². The Balaban J connectivity index is 2.19. The highest BCUT2D eigenvalue weighted by atomic mass is 16.5. The number of hydrogen-bond acceptors (Lipinski definition) is 6. The lowest BCUT2D eigenvalue weighted by Gasteiger charge is -2.16. The number of nitrogens with zero attached hydrogens (tertiary/aromatic N) is 3. The van der Waals surface area contributed by atoms with E-state index in [0.29, 0.717) is 19.0 Å². The van der Waals surface area contributed by atoms with E-state index < -0.39 is 0 Å². The van der Waals surface area contributed by atoms with E-state index in [9.17, 15) is 0 Å². The van der Waals surface area contributed by atoms with Gasteiger partial charge in [-0.1, -0.05) is 6.92 Å². The summed E-state index contributed by atoms with van der Waals surface area (Å²) in [6.07, 6.45) is 0. The molecule has 0 spiro atoms. The smallest absolute Gasteiger partial charge is 0.240 e. The molecule has 2 atom stereocenters. The highest BCUT2D eigenvalue weighted by molar-refractivity contribution is 5.20. The molecule has 7 heteroatoms. The fourth-order valence-electron chi connectivity index (χ4n) is 1.84. The van der Waals surface area contributed by atoms with Gasteiger partial charge in [0.2, 0.25) is 5.95 Å². The lowest BCUT2D eigenvalue weighted by molar-refractivity contribution is 0.187. The number of rotatable bonds is 3. The van der Waals surface area contributed by atoms with Crippen LogP contribution in [-0.4, -0.2) is 40.7 Å². The molecular formula is C8H16N6O. The van der Waals surface area contributed by atoms with Gasteiger partial charge in [0, 0.05) is 6.04 Å². The van der Waals surface area contributed by atoms with Crippen LogP contribution in [0.5, 0.6) is 0 Å². The SMILES string of the molecule is CCNC1COCC1c1nnc(N)n1N. The summed E-state index contributed by atoms with van der Waals surface area (Å²) < 4.78 is 6.72. The van der Waals surface area contributed by atoms with Crippen LogP contribution in [0.4, 0.5) is 5.95 Å². The van der Waals surface area contributed by atoms with Crippen molar-refractivity contribution >= 4 is 5.95 Å². The van der Waals surface area contributed by atoms with Crippen molar-refractivity contribution in [2.45, 2.75) is 18.9 Å². The molecule has 2 unspecified atom stereocenters. The average Bonchev–Trinajstić information content (AvgIpc) is 2.77. The maximum absolute atomic E-state index is 5.72. The molecule has 1 aromatic heterocycles. The summed E-state index contributed by atoms with van der Waals surface area (Å²) >= 11 is 0. The molecule has 1 aromatic rings. The fraction of sp³-hybridized carbons (Fsp3) is 0.750. The highest BCUT2D eigenvalue weighted by Gasteiger charge is 2.33. The van der Waals surface area contributed by atoms with Crippen LogP contribution in [0.2, 0.25) is 0 Å². The van der Waals surface area contributed by atoms with E-state index in [2.05, 4.69) is 22.4 Å². The van der Waals surface area contributed by atoms with E-state index in [1.54, 1.807) is 0 Å². The van der Waals surface area contributed by atoms with E-state index in [0.717, 1.165) is 6.54 Å². The van der Waals surface area contributed by atoms with Crippen LogP contribution in [0.15, 0.2) is 0 Å². The third-order valence-electron chi connectivity index (χ3n) is 2.63. The number of aromatic nitrogens is 3. The lowest BCUT2D eigenvalue weighted by Crippen LogP contribution is -2.36. The van der Waals surface area contributed by atoms with Crippen molar-refractivity contribution in [2.24, 2.45) is 0 Å². The van der Waals surface area contributed by atoms with Gasteiger partial charge in [-0.3, -0.25) is 0 Å². The molecular weight excluding hydrogens is 196 g/mol. The minimum atomic E-state index is 0.125. The predicted octanol–water partition coefficient (Wildman–Crippen LogP) is -1.33. The second-order valence-electron chi connectivity index (χ2n) is 3.59. The van der Waals surface area contributed by atoms with E-state index >= 15 is 0 Å². The summed E-state index contributed by atoms with van der Waals surface area (Å²) in [5, 5.41) is 11.0. The van der Waals surface area contributed by atoms with Gasteiger partial charge in [0.15, 0.2) is 5.82 Å². The number of anilines is 1. The quantitative estimate of drug-likeness (QED) is 0.536. The highest BCUT2D eigenvalue weighted by Crippen LogP contribution is 2.24. The number of hydrogen-bond donors (Lipinski definition) is 3. The summed E-state index contributed by atoms with van der Waals surface area (Å²) in [4.78, 5) is 0. The van der Waals surface area contributed by atoms with Crippen LogP contribution in [0.25, 0.3) is 0 Å². The van der Waals surface area contributed by atoms with Crippen LogP contribution in [0.1, 0.15) is 18.7 Å². The van der Waals surface area contributed by atoms with Gasteiger partial charge in [-0.2, -0.15) is 0 Å². The third kappa shape index (κ3) is 1.75. The molecule has 84 valence electrons. The molecule has 1 fully saturated rings. The minimum Gasteiger partial charge on any atom is -0.379 e. The second-order valence-corrected chi connectivity index (χ2v) is 3.59. The molecule has 0 radical (unpaired) electrons. The number of nitrogen functional groups attached to an aromatic ring is 2. The first-order valence-electron chi connectivity index (χ1n) is 5.01. The van der Waals surface area contributed by atoms with Crippen molar-refractivity contribution in [3.8, 4) is 0 Å². The summed E-state index contributed by atoms with van der Waals surface area (Å²) in [7, 11) is 0. The van der Waals surface area contributed by atoms with Crippen molar-refractivity contribution < 1.29 is 4.74 Å². The fourth-order valence-corrected chi connectivity index (χ4v) is 1.84. The van der Waals surface area contributed by atoms with Gasteiger partial charge in [-0.25, -0.2) is 4.68 Å². The van der Waals surface area contributed by atoms with Gasteiger partial charge < -0.3 is 21.6 Å². The zero-order chi connectivity index (χ0) is 10.8. The van der Waals surface area contributed by atoms with Crippen molar-refractivity contribution in [3.63, 3.8) is 0 Å². The van der Waals surface area contributed by atoms with E-state index in [-0.39, 0.29) is 17.9 Å². The summed E-state index contributed by atoms with van der Waals surface area (Å²) in [5.41, 5.74) is 5.53. The van der Waals surface area contributed by atoms with Crippen LogP contribution in [0.3, 0.4) is 0 Å². The molecule has 0 amide bonds. The largest absolute Gasteiger partial charge is 0.379 e. The summed E-state index contributed by atoms with van der Waals surface area (Å²) in [5.74, 6) is 6.75. The van der Waals surface area contributed by atoms with Crippen LogP contribution >= 0.6 is 0 Å². The second kappa shape index (κ2) is 4.03. The Kier molecular flexibility index (Phi) is 2.74. The maximum atomic E-state index is 5.72. The molecule has 7 nitrogen and oxygen atoms in total. The normalized spacial score (nSPS) is 25.9. The molecule has 0 aliphatic carbocycles. The van der Waals surface area contributed by atoms with Gasteiger partial charge in [0.25, 0.3) is 0 Å². The Hall–Kier alpha value is -1.34. The van der Waals surface area contributed by atoms with E-state index in [1.165, 1.54) is 4.68 Å². The predicted molar refractivity (Wildman–Crippen MR) is 55.6 cm³/mol. The molecule has 15 heavy (non-hydrogen) atoms. The van der Waals surface area contributed by atoms with Gasteiger partial charge in [-0.15, -0.1) is 10.2 Å². The number of nitrogens with two attached hydrogens (primary N) is 2. The monoisotopic (exact) mass is 212 g/mol. The Labute approximate surface area is 87.8 Å². The van der Waals surface area contributed by atoms with Crippen LogP contribution < -0.4 is 16.9 Å². The Morgan fingerprint density at radius 3 is 2.93 bits per heavy atom. The van der Waals surface area contributed by atoms with Crippen molar-refractivity contribution in [1.82, 2.24) is 20.2 Å². The van der Waals surface area contributed by atoms with Crippen LogP contribution in [-0.2, 0) is 4.74 Å². The average molecular weight is 212 g/mol. The minimum absolute atomic E-state index is 0.125. The molecule has 1 aliphatic heterocycles. The number of ether oxygens (including phenoxy) is 1. The molecule has 1 aliphatic rings. The molecule has 0 saturated carbocycles. The van der Waals surface area contributed by atoms with Crippen molar-refractivity contribution in [2.75, 3.05) is 31.3 Å². The molecule has 2 rings (SSSR count). The van der Waals surface area contributed by atoms with Crippen LogP contribution in [0, 0.1) is 0 Å². The first kappa shape index (κ1) is 10.2. The number of nitrogens with one attached hydrogen (secondary N) is 1. The number of likely N-dealkylation sites (N-methyl/N-ethyl adjacent to an activating group) is 1. The molecule has 1 saturated heterocycles. The Bertz CT molecular complexity index is 338. The lowest BCUT2D eigenvalue weighted by atomic mass is 10.0. The first-order valence-corrected chi connectivity index (χ1v) is 5.01. The zero-order valence-corrected chi connectivity index (χ0v) is 8.68. The summed E-state index contributed by atoms with van der Waals surface area (Å²) in [6.45, 7) is 4.22. The zero-order valence-electron chi connectivity index (χ0n) is 8.68. The first-order chi connectivity index (χ1) is 7.24. The maximum Gasteiger partial charge on any atom is 0.240 e. The topological polar surface area (TPSA) is 104 Å².